The monoisotopic (exact) mass is 356 g/mol. The summed E-state index contributed by atoms with van der Waals surface area (Å²) in [7, 11) is 0. The second-order valence-electron chi connectivity index (χ2n) is 7.02. The molecule has 0 amide bonds. The quantitative estimate of drug-likeness (QED) is 0.293. The molecule has 0 unspecified atom stereocenters. The molecule has 0 fully saturated rings. The minimum absolute atomic E-state index is 1.23. The van der Waals surface area contributed by atoms with Gasteiger partial charge in [-0.25, -0.2) is 0 Å². The van der Waals surface area contributed by atoms with Crippen LogP contribution in [0.1, 0.15) is 11.1 Å². The molecule has 5 aromatic rings. The predicted octanol–water partition coefficient (Wildman–Crippen LogP) is 7.54. The number of hydrogen-bond donors (Lipinski definition) is 0. The van der Waals surface area contributed by atoms with E-state index in [2.05, 4.69) is 122 Å². The van der Waals surface area contributed by atoms with Gasteiger partial charge in [0.2, 0.25) is 0 Å². The lowest BCUT2D eigenvalue weighted by Gasteiger charge is -2.09. The molecule has 0 spiro atoms. The highest BCUT2D eigenvalue weighted by Gasteiger charge is 2.15. The second-order valence-corrected chi connectivity index (χ2v) is 7.02. The first kappa shape index (κ1) is 16.6. The number of rotatable bonds is 3. The summed E-state index contributed by atoms with van der Waals surface area (Å²) in [6, 6.07) is 41.0. The molecule has 0 saturated heterocycles. The normalized spacial score (nSPS) is 11.0. The molecule has 1 radical (unpaired) electrons. The summed E-state index contributed by atoms with van der Waals surface area (Å²) in [5.74, 6) is 0. The van der Waals surface area contributed by atoms with Crippen LogP contribution in [0.15, 0.2) is 115 Å². The van der Waals surface area contributed by atoms with E-state index in [4.69, 9.17) is 0 Å². The van der Waals surface area contributed by atoms with Crippen molar-refractivity contribution >= 4 is 21.5 Å². The highest BCUT2D eigenvalue weighted by atomic mass is 14.1. The molecule has 0 aromatic heterocycles. The van der Waals surface area contributed by atoms with Crippen molar-refractivity contribution in [3.05, 3.63) is 133 Å². The zero-order chi connectivity index (χ0) is 18.8. The van der Waals surface area contributed by atoms with Crippen LogP contribution in [0.4, 0.5) is 0 Å². The van der Waals surface area contributed by atoms with Crippen LogP contribution in [-0.4, -0.2) is 0 Å². The largest absolute Gasteiger partial charge is 0.0837 e. The molecule has 131 valence electrons. The molecular formula is C28H20+. The molecule has 0 bridgehead atoms. The van der Waals surface area contributed by atoms with Crippen molar-refractivity contribution in [3.63, 3.8) is 0 Å². The van der Waals surface area contributed by atoms with Gasteiger partial charge in [-0.1, -0.05) is 54.6 Å². The van der Waals surface area contributed by atoms with Crippen LogP contribution in [0.2, 0.25) is 0 Å². The fourth-order valence-corrected chi connectivity index (χ4v) is 3.91. The van der Waals surface area contributed by atoms with Crippen LogP contribution in [-0.2, 0) is 0 Å². The van der Waals surface area contributed by atoms with Crippen molar-refractivity contribution in [1.82, 2.24) is 0 Å². The van der Waals surface area contributed by atoms with Crippen LogP contribution in [0.25, 0.3) is 32.7 Å². The molecule has 0 aliphatic carbocycles. The molecule has 0 heteroatoms. The van der Waals surface area contributed by atoms with E-state index >= 15 is 0 Å². The Balaban J connectivity index is 1.77. The van der Waals surface area contributed by atoms with Crippen molar-refractivity contribution in [2.45, 2.75) is 0 Å². The fraction of sp³-hybridized carbons (Fsp3) is 0. The van der Waals surface area contributed by atoms with Crippen LogP contribution in [0, 0.1) is 6.42 Å². The van der Waals surface area contributed by atoms with E-state index < -0.39 is 0 Å². The fourth-order valence-electron chi connectivity index (χ4n) is 3.91. The first-order valence-electron chi connectivity index (χ1n) is 9.63. The zero-order valence-electron chi connectivity index (χ0n) is 15.5. The number of benzene rings is 4. The maximum absolute atomic E-state index is 2.34. The molecule has 0 N–H and O–H groups in total. The van der Waals surface area contributed by atoms with E-state index in [1.807, 2.05) is 0 Å². The summed E-state index contributed by atoms with van der Waals surface area (Å²) in [6.07, 6.45) is 2.34. The Bertz CT molecular complexity index is 1210. The van der Waals surface area contributed by atoms with Gasteiger partial charge in [0.1, 0.15) is 0 Å². The molecule has 0 atom stereocenters. The second kappa shape index (κ2) is 7.25. The van der Waals surface area contributed by atoms with Gasteiger partial charge in [-0.2, -0.15) is 0 Å². The lowest BCUT2D eigenvalue weighted by Crippen LogP contribution is -1.91. The summed E-state index contributed by atoms with van der Waals surface area (Å²) in [4.78, 5) is 0. The summed E-state index contributed by atoms with van der Waals surface area (Å²) in [6.45, 7) is 0. The maximum Gasteiger partial charge on any atom is 0.0837 e. The van der Waals surface area contributed by atoms with Crippen LogP contribution < -0.4 is 0 Å². The standard InChI is InChI=1S/C28H20/c1-2-10-21(11-3-1)25-15-7-6-14-24(25)20-28-26-16-8-4-12-22(26)18-19-23-13-5-9-17-27(23)28/h1-20H/q+1. The topological polar surface area (TPSA) is 0 Å². The van der Waals surface area contributed by atoms with E-state index in [1.54, 1.807) is 0 Å². The summed E-state index contributed by atoms with van der Waals surface area (Å²) in [5.41, 5.74) is 4.99. The Morgan fingerprint density at radius 2 is 1.00 bits per heavy atom. The van der Waals surface area contributed by atoms with Crippen molar-refractivity contribution in [3.8, 4) is 11.1 Å². The van der Waals surface area contributed by atoms with Crippen LogP contribution in [0.3, 0.4) is 0 Å². The Hall–Kier alpha value is -3.51. The third-order valence-corrected chi connectivity index (χ3v) is 5.29. The Kier molecular flexibility index (Phi) is 4.31. The minimum atomic E-state index is 1.23. The number of fused-ring (bicyclic) bond motifs is 2. The molecule has 5 aromatic carbocycles. The smallest absolute Gasteiger partial charge is 0.0622 e. The predicted molar refractivity (Wildman–Crippen MR) is 120 cm³/mol. The average Bonchev–Trinajstić information content (AvgIpc) is 2.92. The summed E-state index contributed by atoms with van der Waals surface area (Å²) >= 11 is 0. The molecule has 0 saturated carbocycles. The van der Waals surface area contributed by atoms with Gasteiger partial charge in [0, 0.05) is 22.9 Å². The third kappa shape index (κ3) is 3.04. The highest BCUT2D eigenvalue weighted by molar-refractivity contribution is 6.00. The van der Waals surface area contributed by atoms with E-state index in [9.17, 15) is 0 Å². The third-order valence-electron chi connectivity index (χ3n) is 5.29. The van der Waals surface area contributed by atoms with Crippen molar-refractivity contribution in [2.75, 3.05) is 0 Å². The molecular weight excluding hydrogens is 336 g/mol. The Labute approximate surface area is 165 Å². The molecule has 0 heterocycles. The van der Waals surface area contributed by atoms with E-state index in [-0.39, 0.29) is 0 Å². The van der Waals surface area contributed by atoms with E-state index in [0.29, 0.717) is 0 Å². The lowest BCUT2D eigenvalue weighted by atomic mass is 9.92. The van der Waals surface area contributed by atoms with Gasteiger partial charge in [-0.05, 0) is 65.2 Å². The first-order valence-corrected chi connectivity index (χ1v) is 9.63. The van der Waals surface area contributed by atoms with Crippen molar-refractivity contribution < 1.29 is 0 Å². The molecule has 0 nitrogen and oxygen atoms in total. The van der Waals surface area contributed by atoms with E-state index in [0.717, 1.165) is 0 Å². The SMILES string of the molecule is [CH](c1ccccc1-c1ccccc1)[c+]1c2ccccc2ccc2ccccc21. The zero-order valence-corrected chi connectivity index (χ0v) is 15.5. The summed E-state index contributed by atoms with van der Waals surface area (Å²) < 4.78 is 0. The number of hydrogen-bond acceptors (Lipinski definition) is 0. The van der Waals surface area contributed by atoms with E-state index in [1.165, 1.54) is 43.8 Å². The van der Waals surface area contributed by atoms with Gasteiger partial charge in [-0.15, -0.1) is 0 Å². The maximum atomic E-state index is 2.34. The highest BCUT2D eigenvalue weighted by Crippen LogP contribution is 2.32. The van der Waals surface area contributed by atoms with Gasteiger partial charge in [0.05, 0.1) is 22.8 Å². The minimum Gasteiger partial charge on any atom is -0.0622 e. The van der Waals surface area contributed by atoms with Gasteiger partial charge < -0.3 is 0 Å². The molecule has 28 heavy (non-hydrogen) atoms. The average molecular weight is 356 g/mol. The summed E-state index contributed by atoms with van der Waals surface area (Å²) in [5, 5.41) is 5.04. The van der Waals surface area contributed by atoms with Gasteiger partial charge in [-0.3, -0.25) is 0 Å². The lowest BCUT2D eigenvalue weighted by molar-refractivity contribution is 1.47. The van der Waals surface area contributed by atoms with Gasteiger partial charge in [0.15, 0.2) is 0 Å². The Morgan fingerprint density at radius 3 is 1.68 bits per heavy atom. The van der Waals surface area contributed by atoms with Crippen LogP contribution in [0.5, 0.6) is 0 Å². The van der Waals surface area contributed by atoms with Crippen molar-refractivity contribution in [2.24, 2.45) is 0 Å². The molecule has 0 aliphatic rings. The van der Waals surface area contributed by atoms with Crippen molar-refractivity contribution in [1.29, 1.82) is 0 Å². The van der Waals surface area contributed by atoms with Gasteiger partial charge in [0.25, 0.3) is 0 Å². The van der Waals surface area contributed by atoms with Crippen LogP contribution >= 0.6 is 0 Å². The molecule has 5 rings (SSSR count). The Morgan fingerprint density at radius 1 is 0.464 bits per heavy atom. The molecule has 0 aliphatic heterocycles. The van der Waals surface area contributed by atoms with Gasteiger partial charge >= 0.3 is 0 Å². The first-order chi connectivity index (χ1) is 13.9.